The van der Waals surface area contributed by atoms with Gasteiger partial charge in [0.1, 0.15) is 29.1 Å². The van der Waals surface area contributed by atoms with Gasteiger partial charge in [-0.2, -0.15) is 0 Å². The molecule has 12 nitrogen and oxygen atoms in total. The van der Waals surface area contributed by atoms with E-state index in [0.717, 1.165) is 30.6 Å². The second kappa shape index (κ2) is 12.7. The Balaban J connectivity index is 1.17. The van der Waals surface area contributed by atoms with E-state index in [1.165, 1.54) is 40.7 Å². The number of nitrogens with zero attached hydrogens (tertiary/aromatic N) is 4. The second-order valence-corrected chi connectivity index (χ2v) is 11.3. The normalized spacial score (nSPS) is 17.7. The molecule has 2 aromatic heterocycles. The van der Waals surface area contributed by atoms with Crippen LogP contribution in [0.1, 0.15) is 23.7 Å². The zero-order valence-electron chi connectivity index (χ0n) is 24.9. The first kappa shape index (κ1) is 31.4. The van der Waals surface area contributed by atoms with Gasteiger partial charge in [-0.3, -0.25) is 14.5 Å². The van der Waals surface area contributed by atoms with Crippen molar-refractivity contribution in [2.24, 2.45) is 5.92 Å². The van der Waals surface area contributed by atoms with E-state index in [9.17, 15) is 33.1 Å². The highest BCUT2D eigenvalue weighted by molar-refractivity contribution is 5.94. The summed E-state index contributed by atoms with van der Waals surface area (Å²) in [6, 6.07) is 8.94. The van der Waals surface area contributed by atoms with Gasteiger partial charge in [-0.15, -0.1) is 0 Å². The van der Waals surface area contributed by atoms with Crippen LogP contribution in [0.15, 0.2) is 59.7 Å². The van der Waals surface area contributed by atoms with Gasteiger partial charge < -0.3 is 29.4 Å². The van der Waals surface area contributed by atoms with Gasteiger partial charge in [-0.05, 0) is 42.8 Å². The topological polar surface area (TPSA) is 143 Å². The monoisotopic (exact) mass is 651 g/mol. The molecule has 2 amide bonds. The van der Waals surface area contributed by atoms with E-state index in [2.05, 4.69) is 10.3 Å². The molecule has 6 rings (SSSR count). The summed E-state index contributed by atoms with van der Waals surface area (Å²) in [5.41, 5.74) is -0.859. The molecule has 2 N–H and O–H groups in total. The summed E-state index contributed by atoms with van der Waals surface area (Å²) in [7, 11) is 0. The Morgan fingerprint density at radius 3 is 2.60 bits per heavy atom. The number of nitrogens with one attached hydrogen (secondary N) is 1. The van der Waals surface area contributed by atoms with Crippen molar-refractivity contribution < 1.29 is 42.1 Å². The van der Waals surface area contributed by atoms with Crippen molar-refractivity contribution in [2.75, 3.05) is 42.6 Å². The fourth-order valence-corrected chi connectivity index (χ4v) is 5.70. The number of aromatic carboxylic acids is 1. The molecule has 244 valence electrons. The van der Waals surface area contributed by atoms with Crippen LogP contribution < -0.4 is 25.3 Å². The minimum atomic E-state index is -1.50. The molecule has 2 fully saturated rings. The number of aromatic nitrogens is 2. The number of cyclic esters (lactones) is 1. The Morgan fingerprint density at radius 1 is 1.09 bits per heavy atom. The molecule has 47 heavy (non-hydrogen) atoms. The number of halogens is 3. The van der Waals surface area contributed by atoms with Gasteiger partial charge in [-0.1, -0.05) is 0 Å². The van der Waals surface area contributed by atoms with Crippen molar-refractivity contribution in [1.82, 2.24) is 14.9 Å². The lowest BCUT2D eigenvalue weighted by Gasteiger charge is -2.21. The molecule has 0 unspecified atom stereocenters. The first-order valence-corrected chi connectivity index (χ1v) is 14.6. The number of carbonyl (C=O) groups is 3. The summed E-state index contributed by atoms with van der Waals surface area (Å²) in [6.45, 7) is 2.49. The van der Waals surface area contributed by atoms with E-state index in [4.69, 9.17) is 9.47 Å². The van der Waals surface area contributed by atoms with Crippen molar-refractivity contribution in [3.8, 4) is 11.6 Å². The van der Waals surface area contributed by atoms with E-state index in [1.54, 1.807) is 4.90 Å². The summed E-state index contributed by atoms with van der Waals surface area (Å²) >= 11 is 0. The maximum Gasteiger partial charge on any atom is 0.414 e. The molecule has 4 heterocycles. The molecule has 2 aromatic carbocycles. The molecule has 2 aliphatic rings. The Kier molecular flexibility index (Phi) is 8.45. The third-order valence-electron chi connectivity index (χ3n) is 8.04. The predicted octanol–water partition coefficient (Wildman–Crippen LogP) is 3.87. The lowest BCUT2D eigenvalue weighted by Crippen LogP contribution is -2.33. The zero-order valence-corrected chi connectivity index (χ0v) is 24.9. The fourth-order valence-electron chi connectivity index (χ4n) is 5.70. The van der Waals surface area contributed by atoms with Gasteiger partial charge in [0, 0.05) is 38.2 Å². The number of benzene rings is 2. The number of rotatable bonds is 9. The van der Waals surface area contributed by atoms with Gasteiger partial charge in [0.25, 0.3) is 0 Å². The molecule has 2 aliphatic heterocycles. The Hall–Kier alpha value is -5.60. The van der Waals surface area contributed by atoms with Crippen LogP contribution in [0.2, 0.25) is 0 Å². The highest BCUT2D eigenvalue weighted by Gasteiger charge is 2.33. The largest absolute Gasteiger partial charge is 0.490 e. The van der Waals surface area contributed by atoms with Crippen LogP contribution in [-0.2, 0) is 9.53 Å². The molecule has 0 bridgehead atoms. The lowest BCUT2D eigenvalue weighted by atomic mass is 10.1. The molecule has 0 saturated carbocycles. The Labute approximate surface area is 264 Å². The number of hydrogen-bond acceptors (Lipinski definition) is 8. The summed E-state index contributed by atoms with van der Waals surface area (Å²) in [5, 5.41) is 12.0. The fraction of sp³-hybridized carbons (Fsp3) is 0.281. The molecular formula is C32H28F3N5O7. The zero-order chi connectivity index (χ0) is 33.4. The smallest absolute Gasteiger partial charge is 0.414 e. The van der Waals surface area contributed by atoms with Crippen LogP contribution in [0.5, 0.6) is 5.75 Å². The van der Waals surface area contributed by atoms with Crippen LogP contribution in [-0.4, -0.2) is 71.5 Å². The number of fused-ring (bicyclic) bond motifs is 1. The Bertz CT molecular complexity index is 1950. The van der Waals surface area contributed by atoms with Gasteiger partial charge in [0.05, 0.1) is 48.2 Å². The van der Waals surface area contributed by atoms with Gasteiger partial charge >= 0.3 is 12.1 Å². The SMILES string of the molecule is CC(=O)NC[C@H]1CN(c2ccc(OC[C@H]3CCN(c4cc5c(cc4F)c(=O)c(C(=O)O)cn5-c4ccc(F)cn4)C3)c(F)c2)C(=O)O1. The second-order valence-electron chi connectivity index (χ2n) is 11.3. The first-order valence-electron chi connectivity index (χ1n) is 14.6. The van der Waals surface area contributed by atoms with Crippen LogP contribution >= 0.6 is 0 Å². The van der Waals surface area contributed by atoms with Crippen molar-refractivity contribution in [1.29, 1.82) is 0 Å². The number of anilines is 2. The van der Waals surface area contributed by atoms with Crippen molar-refractivity contribution in [2.45, 2.75) is 19.4 Å². The van der Waals surface area contributed by atoms with Crippen LogP contribution in [0.25, 0.3) is 16.7 Å². The van der Waals surface area contributed by atoms with E-state index in [1.807, 2.05) is 0 Å². The summed E-state index contributed by atoms with van der Waals surface area (Å²) in [4.78, 5) is 55.1. The van der Waals surface area contributed by atoms with Crippen LogP contribution in [0.4, 0.5) is 29.3 Å². The molecule has 0 aliphatic carbocycles. The highest BCUT2D eigenvalue weighted by atomic mass is 19.1. The molecule has 4 aromatic rings. The third kappa shape index (κ3) is 6.41. The minimum absolute atomic E-state index is 0.0310. The van der Waals surface area contributed by atoms with Crippen LogP contribution in [0, 0.1) is 23.4 Å². The number of pyridine rings is 2. The van der Waals surface area contributed by atoms with Crippen molar-refractivity contribution in [3.63, 3.8) is 0 Å². The van der Waals surface area contributed by atoms with E-state index >= 15 is 4.39 Å². The van der Waals surface area contributed by atoms with Gasteiger partial charge in [0.15, 0.2) is 11.6 Å². The van der Waals surface area contributed by atoms with Crippen LogP contribution in [0.3, 0.4) is 0 Å². The predicted molar refractivity (Wildman–Crippen MR) is 163 cm³/mol. The molecular weight excluding hydrogens is 623 g/mol. The minimum Gasteiger partial charge on any atom is -0.490 e. The lowest BCUT2D eigenvalue weighted by molar-refractivity contribution is -0.119. The maximum absolute atomic E-state index is 15.5. The highest BCUT2D eigenvalue weighted by Crippen LogP contribution is 2.32. The van der Waals surface area contributed by atoms with Crippen molar-refractivity contribution >= 4 is 40.2 Å². The number of hydrogen-bond donors (Lipinski definition) is 2. The van der Waals surface area contributed by atoms with E-state index in [0.29, 0.717) is 19.5 Å². The maximum atomic E-state index is 15.5. The van der Waals surface area contributed by atoms with Gasteiger partial charge in [-0.25, -0.2) is 27.7 Å². The van der Waals surface area contributed by atoms with E-state index in [-0.39, 0.29) is 65.4 Å². The quantitative estimate of drug-likeness (QED) is 0.276. The van der Waals surface area contributed by atoms with Crippen molar-refractivity contribution in [3.05, 3.63) is 88.1 Å². The molecule has 0 spiro atoms. The first-order chi connectivity index (χ1) is 22.5. The number of carboxylic acid groups (broad SMARTS) is 1. The summed E-state index contributed by atoms with van der Waals surface area (Å²) < 4.78 is 56.3. The van der Waals surface area contributed by atoms with Gasteiger partial charge in [0.2, 0.25) is 11.3 Å². The number of amides is 2. The number of carbonyl (C=O) groups excluding carboxylic acids is 2. The van der Waals surface area contributed by atoms with E-state index < -0.39 is 46.6 Å². The average molecular weight is 652 g/mol. The number of carboxylic acids is 1. The number of ether oxygens (including phenoxy) is 2. The molecule has 0 radical (unpaired) electrons. The summed E-state index contributed by atoms with van der Waals surface area (Å²) in [6.07, 6.45) is 1.37. The average Bonchev–Trinajstić information content (AvgIpc) is 3.66. The standard InChI is InChI=1S/C32H28F3N5O7/c1-17(41)36-12-21-14-39(32(45)47-21)20-3-4-28(25(35)8-20)46-16-18-6-7-38(13-18)27-10-26-22(9-24(27)34)30(42)23(31(43)44)15-40(26)29-5-2-19(33)11-37-29/h2-5,8-11,15,18,21H,6-7,12-14,16H2,1H3,(H,36,41)(H,43,44)/t18-,21-/m0/s1. The third-order valence-corrected chi connectivity index (χ3v) is 8.04. The molecule has 2 saturated heterocycles. The molecule has 2 atom stereocenters. The molecule has 15 heteroatoms. The Morgan fingerprint density at radius 2 is 1.89 bits per heavy atom. The summed E-state index contributed by atoms with van der Waals surface area (Å²) in [5.74, 6) is -3.83.